The number of anilines is 3. The van der Waals surface area contributed by atoms with Crippen molar-refractivity contribution in [3.05, 3.63) is 102 Å². The Hall–Kier alpha value is -5.38. The van der Waals surface area contributed by atoms with Crippen LogP contribution in [0.1, 0.15) is 40.1 Å². The Morgan fingerprint density at radius 2 is 1.44 bits per heavy atom. The molecule has 4 rings (SSSR count). The first kappa shape index (κ1) is 26.7. The number of benzene rings is 2. The molecule has 2 aromatic heterocycles. The highest BCUT2D eigenvalue weighted by Crippen LogP contribution is 2.33. The van der Waals surface area contributed by atoms with E-state index in [-0.39, 0.29) is 29.8 Å². The van der Waals surface area contributed by atoms with Gasteiger partial charge in [-0.1, -0.05) is 6.07 Å². The van der Waals surface area contributed by atoms with Crippen molar-refractivity contribution in [3.8, 4) is 11.1 Å². The Morgan fingerprint density at radius 3 is 2.10 bits per heavy atom. The molecule has 0 bridgehead atoms. The molecule has 2 heterocycles. The molecule has 0 fully saturated rings. The smallest absolute Gasteiger partial charge is 0.257 e. The third-order valence-corrected chi connectivity index (χ3v) is 5.54. The van der Waals surface area contributed by atoms with Gasteiger partial charge in [-0.05, 0) is 65.7 Å². The Bertz CT molecular complexity index is 1520. The van der Waals surface area contributed by atoms with Crippen LogP contribution >= 0.6 is 0 Å². The van der Waals surface area contributed by atoms with Gasteiger partial charge in [-0.3, -0.25) is 29.1 Å². The maximum absolute atomic E-state index is 13.2. The van der Waals surface area contributed by atoms with Crippen LogP contribution in [-0.2, 0) is 16.1 Å². The van der Waals surface area contributed by atoms with Crippen molar-refractivity contribution in [2.24, 2.45) is 0 Å². The van der Waals surface area contributed by atoms with Gasteiger partial charge in [0, 0.05) is 61.5 Å². The minimum atomic E-state index is -0.410. The highest BCUT2D eigenvalue weighted by molar-refractivity contribution is 6.08. The van der Waals surface area contributed by atoms with Gasteiger partial charge in [0.2, 0.25) is 11.8 Å². The molecule has 0 spiro atoms. The second kappa shape index (κ2) is 12.2. The quantitative estimate of drug-likeness (QED) is 0.273. The van der Waals surface area contributed by atoms with E-state index >= 15 is 0 Å². The number of carbonyl (C=O) groups excluding carboxylic acids is 4. The van der Waals surface area contributed by atoms with Crippen LogP contribution in [0.4, 0.5) is 17.1 Å². The third kappa shape index (κ3) is 7.32. The van der Waals surface area contributed by atoms with Crippen molar-refractivity contribution >= 4 is 40.7 Å². The Balaban J connectivity index is 1.78. The molecule has 196 valence electrons. The molecule has 0 unspecified atom stereocenters. The highest BCUT2D eigenvalue weighted by Gasteiger charge is 2.16. The van der Waals surface area contributed by atoms with Gasteiger partial charge in [-0.25, -0.2) is 0 Å². The number of pyridine rings is 2. The predicted molar refractivity (Wildman–Crippen MR) is 148 cm³/mol. The van der Waals surface area contributed by atoms with Gasteiger partial charge in [0.25, 0.3) is 11.8 Å². The van der Waals surface area contributed by atoms with E-state index in [0.717, 1.165) is 5.56 Å². The van der Waals surface area contributed by atoms with E-state index in [1.54, 1.807) is 67.0 Å². The summed E-state index contributed by atoms with van der Waals surface area (Å²) < 4.78 is 0. The lowest BCUT2D eigenvalue weighted by molar-refractivity contribution is -0.119. The second-order valence-corrected chi connectivity index (χ2v) is 8.66. The normalized spacial score (nSPS) is 10.3. The number of nitrogens with zero attached hydrogens (tertiary/aromatic N) is 2. The number of hydrogen-bond acceptors (Lipinski definition) is 6. The fourth-order valence-electron chi connectivity index (χ4n) is 3.80. The van der Waals surface area contributed by atoms with E-state index in [9.17, 15) is 19.2 Å². The van der Waals surface area contributed by atoms with Crippen molar-refractivity contribution in [2.75, 3.05) is 16.0 Å². The van der Waals surface area contributed by atoms with Crippen LogP contribution in [0.5, 0.6) is 0 Å². The fourth-order valence-corrected chi connectivity index (χ4v) is 3.80. The molecule has 0 saturated heterocycles. The SMILES string of the molecule is CC(=O)NCc1ccc(NC(=O)c2cccnc2)c(-c2cc(NC(C)=O)cc(C(=O)Nc3cccnc3)c2)c1. The number of aromatic nitrogens is 2. The summed E-state index contributed by atoms with van der Waals surface area (Å²) in [5.41, 5.74) is 3.93. The Morgan fingerprint density at radius 1 is 0.692 bits per heavy atom. The first-order valence-corrected chi connectivity index (χ1v) is 12.0. The van der Waals surface area contributed by atoms with Crippen LogP contribution < -0.4 is 21.3 Å². The van der Waals surface area contributed by atoms with E-state index in [2.05, 4.69) is 31.2 Å². The zero-order chi connectivity index (χ0) is 27.8. The summed E-state index contributed by atoms with van der Waals surface area (Å²) in [6, 6.07) is 17.0. The fraction of sp³-hybridized carbons (Fsp3) is 0.103. The van der Waals surface area contributed by atoms with Crippen molar-refractivity contribution in [2.45, 2.75) is 20.4 Å². The minimum Gasteiger partial charge on any atom is -0.352 e. The molecule has 0 aliphatic rings. The van der Waals surface area contributed by atoms with Gasteiger partial charge >= 0.3 is 0 Å². The summed E-state index contributed by atoms with van der Waals surface area (Å²) in [5.74, 6) is -1.28. The predicted octanol–water partition coefficient (Wildman–Crippen LogP) is 4.24. The highest BCUT2D eigenvalue weighted by atomic mass is 16.2. The van der Waals surface area contributed by atoms with Crippen LogP contribution in [0.15, 0.2) is 85.5 Å². The molecule has 0 saturated carbocycles. The van der Waals surface area contributed by atoms with E-state index in [4.69, 9.17) is 0 Å². The average Bonchev–Trinajstić information content (AvgIpc) is 2.93. The van der Waals surface area contributed by atoms with Gasteiger partial charge in [-0.2, -0.15) is 0 Å². The van der Waals surface area contributed by atoms with E-state index in [1.807, 2.05) is 6.07 Å². The molecule has 4 N–H and O–H groups in total. The molecule has 0 atom stereocenters. The summed E-state index contributed by atoms with van der Waals surface area (Å²) in [6.45, 7) is 3.06. The van der Waals surface area contributed by atoms with Crippen LogP contribution in [0.3, 0.4) is 0 Å². The molecule has 10 heteroatoms. The number of amides is 4. The van der Waals surface area contributed by atoms with Crippen LogP contribution in [0.2, 0.25) is 0 Å². The summed E-state index contributed by atoms with van der Waals surface area (Å²) in [4.78, 5) is 57.5. The largest absolute Gasteiger partial charge is 0.352 e. The molecule has 39 heavy (non-hydrogen) atoms. The lowest BCUT2D eigenvalue weighted by Gasteiger charge is -2.16. The first-order chi connectivity index (χ1) is 18.8. The van der Waals surface area contributed by atoms with Gasteiger partial charge in [0.1, 0.15) is 0 Å². The zero-order valence-corrected chi connectivity index (χ0v) is 21.3. The van der Waals surface area contributed by atoms with Gasteiger partial charge in [0.05, 0.1) is 17.4 Å². The maximum atomic E-state index is 13.2. The topological polar surface area (TPSA) is 142 Å². The lowest BCUT2D eigenvalue weighted by atomic mass is 9.97. The van der Waals surface area contributed by atoms with Gasteiger partial charge < -0.3 is 21.3 Å². The first-order valence-electron chi connectivity index (χ1n) is 12.0. The molecule has 4 amide bonds. The van der Waals surface area contributed by atoms with Crippen LogP contribution in [-0.4, -0.2) is 33.6 Å². The van der Waals surface area contributed by atoms with Gasteiger partial charge in [0.15, 0.2) is 0 Å². The third-order valence-electron chi connectivity index (χ3n) is 5.54. The van der Waals surface area contributed by atoms with Crippen LogP contribution in [0.25, 0.3) is 11.1 Å². The summed E-state index contributed by atoms with van der Waals surface area (Å²) in [6.07, 6.45) is 6.15. The second-order valence-electron chi connectivity index (χ2n) is 8.66. The molecular weight excluding hydrogens is 496 g/mol. The number of rotatable bonds is 8. The zero-order valence-electron chi connectivity index (χ0n) is 21.3. The molecule has 2 aromatic carbocycles. The molecular formula is C29H26N6O4. The van der Waals surface area contributed by atoms with Gasteiger partial charge in [-0.15, -0.1) is 0 Å². The van der Waals surface area contributed by atoms with Crippen molar-refractivity contribution in [1.29, 1.82) is 0 Å². The summed E-state index contributed by atoms with van der Waals surface area (Å²) in [7, 11) is 0. The average molecular weight is 523 g/mol. The number of hydrogen-bond donors (Lipinski definition) is 4. The van der Waals surface area contributed by atoms with Crippen molar-refractivity contribution in [1.82, 2.24) is 15.3 Å². The molecule has 10 nitrogen and oxygen atoms in total. The molecule has 0 aliphatic heterocycles. The van der Waals surface area contributed by atoms with E-state index in [1.165, 1.54) is 26.2 Å². The summed E-state index contributed by atoms with van der Waals surface area (Å²) >= 11 is 0. The number of carbonyl (C=O) groups is 4. The Kier molecular flexibility index (Phi) is 8.37. The molecule has 0 aliphatic carbocycles. The molecule has 0 radical (unpaired) electrons. The maximum Gasteiger partial charge on any atom is 0.257 e. The van der Waals surface area contributed by atoms with Crippen molar-refractivity contribution in [3.63, 3.8) is 0 Å². The molecule has 4 aromatic rings. The van der Waals surface area contributed by atoms with E-state index < -0.39 is 5.91 Å². The monoisotopic (exact) mass is 522 g/mol. The minimum absolute atomic E-state index is 0.187. The summed E-state index contributed by atoms with van der Waals surface area (Å²) in [5, 5.41) is 11.2. The van der Waals surface area contributed by atoms with E-state index in [0.29, 0.717) is 33.8 Å². The Labute approximate surface area is 224 Å². The lowest BCUT2D eigenvalue weighted by Crippen LogP contribution is -2.19. The van der Waals surface area contributed by atoms with Crippen LogP contribution in [0, 0.1) is 0 Å². The standard InChI is InChI=1S/C29H26N6O4/c1-18(36)32-15-20-7-8-27(35-28(38)21-5-3-9-30-16-21)26(11-20)22-12-23(14-25(13-22)33-19(2)37)29(39)34-24-6-4-10-31-17-24/h3-14,16-17H,15H2,1-2H3,(H,32,36)(H,33,37)(H,34,39)(H,35,38). The van der Waals surface area contributed by atoms with Crippen molar-refractivity contribution < 1.29 is 19.2 Å². The number of nitrogens with one attached hydrogen (secondary N) is 4.